The second-order valence-electron chi connectivity index (χ2n) is 4.34. The lowest BCUT2D eigenvalue weighted by molar-refractivity contribution is -0.130. The number of likely N-dealkylation sites (N-methyl/N-ethyl adjacent to an activating group) is 2. The lowest BCUT2D eigenvalue weighted by Crippen LogP contribution is -2.36. The molecule has 0 aliphatic heterocycles. The predicted molar refractivity (Wildman–Crippen MR) is 75.6 cm³/mol. The molecular formula is C12H20N4O2S. The van der Waals surface area contributed by atoms with Crippen molar-refractivity contribution in [1.82, 2.24) is 15.2 Å². The van der Waals surface area contributed by atoms with Crippen LogP contribution in [0.4, 0.5) is 0 Å². The van der Waals surface area contributed by atoms with Crippen molar-refractivity contribution in [1.29, 1.82) is 0 Å². The number of amides is 2. The van der Waals surface area contributed by atoms with Crippen LogP contribution < -0.4 is 11.3 Å². The fraction of sp³-hybridized carbons (Fsp3) is 0.500. The second-order valence-corrected chi connectivity index (χ2v) is 5.26. The molecule has 0 unspecified atom stereocenters. The van der Waals surface area contributed by atoms with Crippen LogP contribution in [0.25, 0.3) is 0 Å². The van der Waals surface area contributed by atoms with E-state index in [0.717, 1.165) is 12.1 Å². The van der Waals surface area contributed by atoms with Gasteiger partial charge in [0, 0.05) is 20.6 Å². The number of hydrogen-bond donors (Lipinski definition) is 2. The van der Waals surface area contributed by atoms with Crippen molar-refractivity contribution < 1.29 is 9.59 Å². The van der Waals surface area contributed by atoms with Crippen LogP contribution in [0.2, 0.25) is 0 Å². The minimum Gasteiger partial charge on any atom is -0.348 e. The second kappa shape index (κ2) is 7.22. The molecule has 0 saturated heterocycles. The summed E-state index contributed by atoms with van der Waals surface area (Å²) >= 11 is 1.35. The lowest BCUT2D eigenvalue weighted by atomic mass is 10.2. The fourth-order valence-electron chi connectivity index (χ4n) is 1.58. The fourth-order valence-corrected chi connectivity index (χ4v) is 2.40. The Balaban J connectivity index is 2.74. The summed E-state index contributed by atoms with van der Waals surface area (Å²) in [6.07, 6.45) is 0. The molecule has 0 fully saturated rings. The molecule has 0 aromatic carbocycles. The summed E-state index contributed by atoms with van der Waals surface area (Å²) in [5.41, 5.74) is 3.03. The normalized spacial score (nSPS) is 10.6. The summed E-state index contributed by atoms with van der Waals surface area (Å²) in [6.45, 7) is 3.61. The Bertz CT molecular complexity index is 445. The average Bonchev–Trinajstić information content (AvgIpc) is 2.84. The Kier molecular flexibility index (Phi) is 5.94. The predicted octanol–water partition coefficient (Wildman–Crippen LogP) is 0.262. The molecule has 1 aromatic heterocycles. The van der Waals surface area contributed by atoms with Gasteiger partial charge in [0.25, 0.3) is 5.91 Å². The van der Waals surface area contributed by atoms with Gasteiger partial charge < -0.3 is 4.90 Å². The van der Waals surface area contributed by atoms with Crippen molar-refractivity contribution in [2.24, 2.45) is 5.84 Å². The van der Waals surface area contributed by atoms with E-state index in [2.05, 4.69) is 5.43 Å². The Morgan fingerprint density at radius 3 is 2.63 bits per heavy atom. The third-order valence-electron chi connectivity index (χ3n) is 2.78. The Morgan fingerprint density at radius 1 is 1.42 bits per heavy atom. The maximum Gasteiger partial charge on any atom is 0.275 e. The van der Waals surface area contributed by atoms with Crippen LogP contribution in [0.3, 0.4) is 0 Å². The molecule has 1 aromatic rings. The zero-order valence-electron chi connectivity index (χ0n) is 11.5. The van der Waals surface area contributed by atoms with Gasteiger partial charge in [0.05, 0.1) is 11.4 Å². The Labute approximate surface area is 117 Å². The van der Waals surface area contributed by atoms with Crippen LogP contribution in [-0.4, -0.2) is 48.8 Å². The van der Waals surface area contributed by atoms with E-state index in [1.807, 2.05) is 23.3 Å². The van der Waals surface area contributed by atoms with Gasteiger partial charge in [-0.2, -0.15) is 0 Å². The van der Waals surface area contributed by atoms with Crippen LogP contribution in [-0.2, 0) is 11.3 Å². The number of nitrogens with one attached hydrogen (secondary N) is 1. The van der Waals surface area contributed by atoms with Gasteiger partial charge >= 0.3 is 0 Å². The number of nitrogens with two attached hydrogens (primary N) is 1. The van der Waals surface area contributed by atoms with Gasteiger partial charge in [0.1, 0.15) is 0 Å². The first-order valence-corrected chi connectivity index (χ1v) is 6.87. The monoisotopic (exact) mass is 284 g/mol. The summed E-state index contributed by atoms with van der Waals surface area (Å²) in [7, 11) is 3.46. The molecule has 1 heterocycles. The minimum absolute atomic E-state index is 0.0434. The molecular weight excluding hydrogens is 264 g/mol. The summed E-state index contributed by atoms with van der Waals surface area (Å²) in [4.78, 5) is 27.4. The van der Waals surface area contributed by atoms with Crippen LogP contribution in [0.15, 0.2) is 11.4 Å². The molecule has 1 rings (SSSR count). The van der Waals surface area contributed by atoms with E-state index in [9.17, 15) is 9.59 Å². The van der Waals surface area contributed by atoms with Gasteiger partial charge in [0.15, 0.2) is 0 Å². The van der Waals surface area contributed by atoms with Crippen molar-refractivity contribution >= 4 is 23.2 Å². The zero-order valence-corrected chi connectivity index (χ0v) is 12.3. The molecule has 0 atom stereocenters. The maximum atomic E-state index is 11.7. The number of carbonyl (C=O) groups excluding carboxylic acids is 2. The van der Waals surface area contributed by atoms with Gasteiger partial charge in [-0.05, 0) is 23.6 Å². The smallest absolute Gasteiger partial charge is 0.275 e. The number of hydrazine groups is 1. The molecule has 0 spiro atoms. The first kappa shape index (κ1) is 15.6. The largest absolute Gasteiger partial charge is 0.348 e. The summed E-state index contributed by atoms with van der Waals surface area (Å²) in [5, 5.41) is 1.85. The first-order valence-electron chi connectivity index (χ1n) is 5.99. The molecule has 0 bridgehead atoms. The van der Waals surface area contributed by atoms with Crippen LogP contribution in [0, 0.1) is 0 Å². The standard InChI is InChI=1S/C12H20N4O2S/c1-4-16(8-10(17)15(2)3)7-9-5-6-19-11(9)12(18)14-13/h5-6H,4,7-8,13H2,1-3H3,(H,14,18). The zero-order chi connectivity index (χ0) is 14.4. The molecule has 0 saturated carbocycles. The Hall–Kier alpha value is -1.44. The molecule has 0 aliphatic carbocycles. The first-order chi connectivity index (χ1) is 8.99. The molecule has 3 N–H and O–H groups in total. The highest BCUT2D eigenvalue weighted by atomic mass is 32.1. The topological polar surface area (TPSA) is 78.7 Å². The van der Waals surface area contributed by atoms with Crippen molar-refractivity contribution in [3.05, 3.63) is 21.9 Å². The minimum atomic E-state index is -0.292. The molecule has 0 radical (unpaired) electrons. The number of carbonyl (C=O) groups is 2. The number of hydrogen-bond acceptors (Lipinski definition) is 5. The van der Waals surface area contributed by atoms with Crippen molar-refractivity contribution in [2.45, 2.75) is 13.5 Å². The van der Waals surface area contributed by atoms with Crippen molar-refractivity contribution in [3.8, 4) is 0 Å². The van der Waals surface area contributed by atoms with Crippen molar-refractivity contribution in [2.75, 3.05) is 27.2 Å². The number of nitrogen functional groups attached to an aromatic ring is 1. The number of rotatable bonds is 6. The van der Waals surface area contributed by atoms with Gasteiger partial charge in [-0.1, -0.05) is 6.92 Å². The summed E-state index contributed by atoms with van der Waals surface area (Å²) in [5.74, 6) is 4.90. The van der Waals surface area contributed by atoms with E-state index < -0.39 is 0 Å². The highest BCUT2D eigenvalue weighted by Crippen LogP contribution is 2.18. The van der Waals surface area contributed by atoms with E-state index in [4.69, 9.17) is 5.84 Å². The number of thiophene rings is 1. The van der Waals surface area contributed by atoms with Crippen molar-refractivity contribution in [3.63, 3.8) is 0 Å². The average molecular weight is 284 g/mol. The van der Waals surface area contributed by atoms with E-state index in [1.54, 1.807) is 19.0 Å². The van der Waals surface area contributed by atoms with E-state index in [0.29, 0.717) is 18.0 Å². The molecule has 6 nitrogen and oxygen atoms in total. The van der Waals surface area contributed by atoms with Crippen LogP contribution >= 0.6 is 11.3 Å². The van der Waals surface area contributed by atoms with Gasteiger partial charge in [0.2, 0.25) is 5.91 Å². The quantitative estimate of drug-likeness (QED) is 0.446. The summed E-state index contributed by atoms with van der Waals surface area (Å²) < 4.78 is 0. The van der Waals surface area contributed by atoms with E-state index in [-0.39, 0.29) is 11.8 Å². The third-order valence-corrected chi connectivity index (χ3v) is 3.74. The molecule has 0 aliphatic rings. The van der Waals surface area contributed by atoms with Crippen LogP contribution in [0.1, 0.15) is 22.2 Å². The molecule has 19 heavy (non-hydrogen) atoms. The number of nitrogens with zero attached hydrogens (tertiary/aromatic N) is 2. The SMILES string of the molecule is CCN(CC(=O)N(C)C)Cc1ccsc1C(=O)NN. The highest BCUT2D eigenvalue weighted by molar-refractivity contribution is 7.12. The van der Waals surface area contributed by atoms with E-state index in [1.165, 1.54) is 11.3 Å². The van der Waals surface area contributed by atoms with E-state index >= 15 is 0 Å². The Morgan fingerprint density at radius 2 is 2.11 bits per heavy atom. The van der Waals surface area contributed by atoms with Gasteiger partial charge in [-0.15, -0.1) is 11.3 Å². The van der Waals surface area contributed by atoms with Gasteiger partial charge in [-0.25, -0.2) is 5.84 Å². The summed E-state index contributed by atoms with van der Waals surface area (Å²) in [6, 6.07) is 1.89. The third kappa shape index (κ3) is 4.30. The molecule has 106 valence electrons. The molecule has 2 amide bonds. The lowest BCUT2D eigenvalue weighted by Gasteiger charge is -2.21. The van der Waals surface area contributed by atoms with Crippen LogP contribution in [0.5, 0.6) is 0 Å². The molecule has 7 heteroatoms. The highest BCUT2D eigenvalue weighted by Gasteiger charge is 2.16. The van der Waals surface area contributed by atoms with Gasteiger partial charge in [-0.3, -0.25) is 19.9 Å². The maximum absolute atomic E-state index is 11.7.